The molecular formula is C17H20ClN. The molecular weight excluding hydrogens is 254 g/mol. The highest BCUT2D eigenvalue weighted by Crippen LogP contribution is 2.23. The van der Waals surface area contributed by atoms with Crippen molar-refractivity contribution in [2.24, 2.45) is 0 Å². The molecule has 1 N–H and O–H groups in total. The minimum atomic E-state index is 0.318. The van der Waals surface area contributed by atoms with Crippen molar-refractivity contribution in [2.75, 3.05) is 7.05 Å². The van der Waals surface area contributed by atoms with E-state index >= 15 is 0 Å². The summed E-state index contributed by atoms with van der Waals surface area (Å²) < 4.78 is 0. The molecule has 0 radical (unpaired) electrons. The molecule has 0 heterocycles. The minimum absolute atomic E-state index is 0.318. The summed E-state index contributed by atoms with van der Waals surface area (Å²) in [4.78, 5) is 0. The number of rotatable bonds is 4. The van der Waals surface area contributed by atoms with Crippen molar-refractivity contribution in [2.45, 2.75) is 26.3 Å². The van der Waals surface area contributed by atoms with E-state index in [2.05, 4.69) is 43.4 Å². The quantitative estimate of drug-likeness (QED) is 0.867. The van der Waals surface area contributed by atoms with Crippen molar-refractivity contribution in [1.82, 2.24) is 5.32 Å². The van der Waals surface area contributed by atoms with Gasteiger partial charge in [0.2, 0.25) is 0 Å². The summed E-state index contributed by atoms with van der Waals surface area (Å²) in [5.41, 5.74) is 5.24. The summed E-state index contributed by atoms with van der Waals surface area (Å²) in [6.07, 6.45) is 0.946. The molecule has 2 aromatic rings. The van der Waals surface area contributed by atoms with E-state index in [1.165, 1.54) is 22.3 Å². The second-order valence-electron chi connectivity index (χ2n) is 5.04. The average Bonchev–Trinajstić information content (AvgIpc) is 2.39. The highest BCUT2D eigenvalue weighted by atomic mass is 35.5. The van der Waals surface area contributed by atoms with Crippen LogP contribution in [0.1, 0.15) is 28.3 Å². The van der Waals surface area contributed by atoms with Crippen LogP contribution in [0.3, 0.4) is 0 Å². The monoisotopic (exact) mass is 273 g/mol. The fourth-order valence-corrected chi connectivity index (χ4v) is 2.62. The summed E-state index contributed by atoms with van der Waals surface area (Å²) in [6, 6.07) is 15.0. The second-order valence-corrected chi connectivity index (χ2v) is 5.47. The van der Waals surface area contributed by atoms with Gasteiger partial charge in [0.15, 0.2) is 0 Å². The van der Waals surface area contributed by atoms with E-state index < -0.39 is 0 Å². The smallest absolute Gasteiger partial charge is 0.0408 e. The molecule has 1 unspecified atom stereocenters. The first kappa shape index (κ1) is 14.1. The summed E-state index contributed by atoms with van der Waals surface area (Å²) in [5.74, 6) is 0. The molecule has 19 heavy (non-hydrogen) atoms. The molecule has 0 aromatic heterocycles. The van der Waals surface area contributed by atoms with E-state index in [1.54, 1.807) is 0 Å². The molecule has 0 saturated heterocycles. The Morgan fingerprint density at radius 2 is 1.89 bits per heavy atom. The van der Waals surface area contributed by atoms with Gasteiger partial charge in [-0.2, -0.15) is 0 Å². The third-order valence-electron chi connectivity index (χ3n) is 3.49. The maximum Gasteiger partial charge on any atom is 0.0408 e. The normalized spacial score (nSPS) is 12.4. The largest absolute Gasteiger partial charge is 0.313 e. The predicted molar refractivity (Wildman–Crippen MR) is 82.9 cm³/mol. The first-order chi connectivity index (χ1) is 9.10. The number of hydrogen-bond donors (Lipinski definition) is 1. The Bertz CT molecular complexity index is 563. The van der Waals surface area contributed by atoms with Gasteiger partial charge in [-0.05, 0) is 56.1 Å². The van der Waals surface area contributed by atoms with Crippen molar-refractivity contribution in [1.29, 1.82) is 0 Å². The van der Waals surface area contributed by atoms with Gasteiger partial charge < -0.3 is 5.32 Å². The summed E-state index contributed by atoms with van der Waals surface area (Å²) in [6.45, 7) is 4.30. The Morgan fingerprint density at radius 1 is 1.11 bits per heavy atom. The summed E-state index contributed by atoms with van der Waals surface area (Å²) in [5, 5.41) is 4.21. The highest BCUT2D eigenvalue weighted by Gasteiger charge is 2.12. The van der Waals surface area contributed by atoms with Gasteiger partial charge in [-0.15, -0.1) is 0 Å². The third kappa shape index (κ3) is 3.59. The topological polar surface area (TPSA) is 12.0 Å². The van der Waals surface area contributed by atoms with E-state index in [0.29, 0.717) is 6.04 Å². The lowest BCUT2D eigenvalue weighted by Crippen LogP contribution is -2.20. The van der Waals surface area contributed by atoms with Crippen LogP contribution in [0.15, 0.2) is 42.5 Å². The number of hydrogen-bond acceptors (Lipinski definition) is 1. The fourth-order valence-electron chi connectivity index (χ4n) is 2.40. The van der Waals surface area contributed by atoms with Gasteiger partial charge in [-0.25, -0.2) is 0 Å². The molecule has 0 bridgehead atoms. The molecule has 2 aromatic carbocycles. The molecule has 2 heteroatoms. The second kappa shape index (κ2) is 6.23. The van der Waals surface area contributed by atoms with Crippen LogP contribution in [0.5, 0.6) is 0 Å². The number of benzene rings is 2. The van der Waals surface area contributed by atoms with E-state index in [1.807, 2.05) is 25.2 Å². The first-order valence-corrected chi connectivity index (χ1v) is 6.97. The van der Waals surface area contributed by atoms with Gasteiger partial charge in [0.1, 0.15) is 0 Å². The lowest BCUT2D eigenvalue weighted by atomic mass is 9.94. The van der Waals surface area contributed by atoms with E-state index in [4.69, 9.17) is 11.6 Å². The number of aryl methyl sites for hydroxylation is 2. The highest BCUT2D eigenvalue weighted by molar-refractivity contribution is 6.30. The maximum absolute atomic E-state index is 6.05. The van der Waals surface area contributed by atoms with Crippen LogP contribution < -0.4 is 5.32 Å². The standard InChI is InChI=1S/C17H20ClN/c1-12-7-8-13(2)16(9-12)17(19-3)11-14-5-4-6-15(18)10-14/h4-10,17,19H,11H2,1-3H3. The lowest BCUT2D eigenvalue weighted by molar-refractivity contribution is 0.588. The molecule has 1 atom stereocenters. The molecule has 0 spiro atoms. The molecule has 0 aliphatic carbocycles. The van der Waals surface area contributed by atoms with Gasteiger partial charge in [0.05, 0.1) is 0 Å². The Labute approximate surface area is 120 Å². The predicted octanol–water partition coefficient (Wildman–Crippen LogP) is 4.46. The molecule has 0 amide bonds. The average molecular weight is 274 g/mol. The van der Waals surface area contributed by atoms with Crippen LogP contribution in [0.25, 0.3) is 0 Å². The summed E-state index contributed by atoms with van der Waals surface area (Å²) in [7, 11) is 2.01. The van der Waals surface area contributed by atoms with Gasteiger partial charge in [0.25, 0.3) is 0 Å². The van der Waals surface area contributed by atoms with Crippen molar-refractivity contribution in [3.8, 4) is 0 Å². The molecule has 0 aliphatic rings. The zero-order chi connectivity index (χ0) is 13.8. The maximum atomic E-state index is 6.05. The lowest BCUT2D eigenvalue weighted by Gasteiger charge is -2.20. The van der Waals surface area contributed by atoms with Crippen LogP contribution in [0.2, 0.25) is 5.02 Å². The Kier molecular flexibility index (Phi) is 4.62. The van der Waals surface area contributed by atoms with Crippen LogP contribution in [-0.2, 0) is 6.42 Å². The number of halogens is 1. The summed E-state index contributed by atoms with van der Waals surface area (Å²) >= 11 is 6.05. The van der Waals surface area contributed by atoms with Crippen molar-refractivity contribution in [3.05, 3.63) is 69.7 Å². The molecule has 0 saturated carbocycles. The Hall–Kier alpha value is -1.31. The third-order valence-corrected chi connectivity index (χ3v) is 3.72. The van der Waals surface area contributed by atoms with E-state index in [0.717, 1.165) is 11.4 Å². The van der Waals surface area contributed by atoms with Gasteiger partial charge in [-0.1, -0.05) is 47.5 Å². The Balaban J connectivity index is 2.27. The fraction of sp³-hybridized carbons (Fsp3) is 0.294. The first-order valence-electron chi connectivity index (χ1n) is 6.59. The zero-order valence-electron chi connectivity index (χ0n) is 11.7. The number of nitrogens with one attached hydrogen (secondary N) is 1. The molecule has 2 rings (SSSR count). The van der Waals surface area contributed by atoms with Crippen molar-refractivity contribution < 1.29 is 0 Å². The molecule has 0 fully saturated rings. The van der Waals surface area contributed by atoms with Crippen LogP contribution >= 0.6 is 11.6 Å². The minimum Gasteiger partial charge on any atom is -0.313 e. The molecule has 1 nitrogen and oxygen atoms in total. The molecule has 100 valence electrons. The molecule has 0 aliphatic heterocycles. The number of likely N-dealkylation sites (N-methyl/N-ethyl adjacent to an activating group) is 1. The van der Waals surface area contributed by atoms with Gasteiger partial charge in [-0.3, -0.25) is 0 Å². The van der Waals surface area contributed by atoms with Gasteiger partial charge >= 0.3 is 0 Å². The van der Waals surface area contributed by atoms with E-state index in [-0.39, 0.29) is 0 Å². The van der Waals surface area contributed by atoms with Gasteiger partial charge in [0, 0.05) is 11.1 Å². The SMILES string of the molecule is CNC(Cc1cccc(Cl)c1)c1cc(C)ccc1C. The van der Waals surface area contributed by atoms with Crippen molar-refractivity contribution >= 4 is 11.6 Å². The van der Waals surface area contributed by atoms with Crippen LogP contribution in [0.4, 0.5) is 0 Å². The van der Waals surface area contributed by atoms with Crippen molar-refractivity contribution in [3.63, 3.8) is 0 Å². The van der Waals surface area contributed by atoms with Crippen LogP contribution in [-0.4, -0.2) is 7.05 Å². The van der Waals surface area contributed by atoms with Crippen LogP contribution in [0, 0.1) is 13.8 Å². The Morgan fingerprint density at radius 3 is 2.58 bits per heavy atom. The van der Waals surface area contributed by atoms with E-state index in [9.17, 15) is 0 Å². The zero-order valence-corrected chi connectivity index (χ0v) is 12.5.